The summed E-state index contributed by atoms with van der Waals surface area (Å²) in [7, 11) is 0. The Labute approximate surface area is 149 Å². The highest BCUT2D eigenvalue weighted by molar-refractivity contribution is 5.76. The second-order valence-electron chi connectivity index (χ2n) is 5.72. The summed E-state index contributed by atoms with van der Waals surface area (Å²) in [6.45, 7) is 0.649. The Kier molecular flexibility index (Phi) is 4.46. The van der Waals surface area contributed by atoms with E-state index in [1.54, 1.807) is 18.5 Å². The van der Waals surface area contributed by atoms with Crippen molar-refractivity contribution in [3.8, 4) is 22.9 Å². The summed E-state index contributed by atoms with van der Waals surface area (Å²) >= 11 is 0. The number of hydrogen-bond acceptors (Lipinski definition) is 7. The Morgan fingerprint density at radius 2 is 2.12 bits per heavy atom. The van der Waals surface area contributed by atoms with Crippen molar-refractivity contribution >= 4 is 5.91 Å². The fourth-order valence-corrected chi connectivity index (χ4v) is 2.53. The number of carbonyl (C=O) groups is 1. The van der Waals surface area contributed by atoms with Crippen LogP contribution >= 0.6 is 0 Å². The van der Waals surface area contributed by atoms with E-state index in [2.05, 4.69) is 20.4 Å². The van der Waals surface area contributed by atoms with E-state index in [1.165, 1.54) is 0 Å². The van der Waals surface area contributed by atoms with Crippen molar-refractivity contribution in [2.24, 2.45) is 0 Å². The van der Waals surface area contributed by atoms with Gasteiger partial charge in [-0.05, 0) is 29.8 Å². The summed E-state index contributed by atoms with van der Waals surface area (Å²) in [6, 6.07) is 9.24. The number of aromatic nitrogens is 3. The number of carbonyl (C=O) groups excluding carboxylic acids is 1. The lowest BCUT2D eigenvalue weighted by molar-refractivity contribution is -0.121. The largest absolute Gasteiger partial charge is 0.454 e. The molecule has 3 heterocycles. The highest BCUT2D eigenvalue weighted by Crippen LogP contribution is 2.32. The number of fused-ring (bicyclic) bond motifs is 1. The van der Waals surface area contributed by atoms with Gasteiger partial charge in [-0.1, -0.05) is 11.2 Å². The normalized spacial score (nSPS) is 12.2. The summed E-state index contributed by atoms with van der Waals surface area (Å²) < 4.78 is 15.8. The zero-order chi connectivity index (χ0) is 17.8. The van der Waals surface area contributed by atoms with Gasteiger partial charge in [0.15, 0.2) is 11.5 Å². The first kappa shape index (κ1) is 16.1. The molecule has 0 atom stereocenters. The number of ether oxygens (including phenoxy) is 2. The van der Waals surface area contributed by atoms with Crippen LogP contribution in [0.5, 0.6) is 11.5 Å². The van der Waals surface area contributed by atoms with Gasteiger partial charge in [-0.3, -0.25) is 9.78 Å². The van der Waals surface area contributed by atoms with Gasteiger partial charge >= 0.3 is 0 Å². The van der Waals surface area contributed by atoms with Gasteiger partial charge in [0.1, 0.15) is 0 Å². The quantitative estimate of drug-likeness (QED) is 0.725. The molecular weight excluding hydrogens is 336 g/mol. The maximum Gasteiger partial charge on any atom is 0.231 e. The number of amides is 1. The van der Waals surface area contributed by atoms with Crippen molar-refractivity contribution in [1.29, 1.82) is 0 Å². The molecule has 1 amide bonds. The van der Waals surface area contributed by atoms with Crippen molar-refractivity contribution in [2.75, 3.05) is 6.79 Å². The zero-order valence-electron chi connectivity index (χ0n) is 13.8. The van der Waals surface area contributed by atoms with E-state index in [1.807, 2.05) is 24.3 Å². The lowest BCUT2D eigenvalue weighted by Crippen LogP contribution is -2.23. The number of nitrogens with zero attached hydrogens (tertiary/aromatic N) is 3. The van der Waals surface area contributed by atoms with Gasteiger partial charge < -0.3 is 19.3 Å². The molecule has 3 aromatic rings. The smallest absolute Gasteiger partial charge is 0.231 e. The van der Waals surface area contributed by atoms with Gasteiger partial charge in [-0.2, -0.15) is 4.98 Å². The van der Waals surface area contributed by atoms with E-state index in [4.69, 9.17) is 14.0 Å². The van der Waals surface area contributed by atoms with Gasteiger partial charge in [-0.15, -0.1) is 0 Å². The van der Waals surface area contributed by atoms with Gasteiger partial charge in [0.25, 0.3) is 0 Å². The molecule has 0 aliphatic carbocycles. The van der Waals surface area contributed by atoms with Crippen molar-refractivity contribution in [3.63, 3.8) is 0 Å². The van der Waals surface area contributed by atoms with Crippen LogP contribution in [0.25, 0.3) is 11.4 Å². The Morgan fingerprint density at radius 1 is 1.19 bits per heavy atom. The van der Waals surface area contributed by atoms with Gasteiger partial charge in [0.05, 0.1) is 0 Å². The molecule has 132 valence electrons. The van der Waals surface area contributed by atoms with Crippen LogP contribution < -0.4 is 14.8 Å². The zero-order valence-corrected chi connectivity index (χ0v) is 13.8. The summed E-state index contributed by atoms with van der Waals surface area (Å²) in [5.74, 6) is 2.21. The van der Waals surface area contributed by atoms with Crippen LogP contribution in [0.4, 0.5) is 0 Å². The van der Waals surface area contributed by atoms with Crippen molar-refractivity contribution < 1.29 is 18.8 Å². The van der Waals surface area contributed by atoms with E-state index in [0.29, 0.717) is 30.4 Å². The molecule has 0 spiro atoms. The highest BCUT2D eigenvalue weighted by atomic mass is 16.7. The number of benzene rings is 1. The summed E-state index contributed by atoms with van der Waals surface area (Å²) in [6.07, 6.45) is 3.97. The molecule has 0 fully saturated rings. The highest BCUT2D eigenvalue weighted by Gasteiger charge is 2.14. The topological polar surface area (TPSA) is 99.4 Å². The van der Waals surface area contributed by atoms with Crippen LogP contribution in [-0.4, -0.2) is 27.8 Å². The van der Waals surface area contributed by atoms with Crippen LogP contribution in [0.3, 0.4) is 0 Å². The number of hydrogen-bond donors (Lipinski definition) is 1. The van der Waals surface area contributed by atoms with Crippen LogP contribution in [0.15, 0.2) is 47.2 Å². The number of pyridine rings is 1. The van der Waals surface area contributed by atoms with Gasteiger partial charge in [0, 0.05) is 37.3 Å². The molecule has 1 N–H and O–H groups in total. The summed E-state index contributed by atoms with van der Waals surface area (Å²) in [5.41, 5.74) is 1.72. The van der Waals surface area contributed by atoms with Crippen LogP contribution in [0.2, 0.25) is 0 Å². The fraction of sp³-hybridized carbons (Fsp3) is 0.222. The second-order valence-corrected chi connectivity index (χ2v) is 5.72. The van der Waals surface area contributed by atoms with E-state index in [-0.39, 0.29) is 19.1 Å². The molecule has 2 aromatic heterocycles. The first-order valence-electron chi connectivity index (χ1n) is 8.16. The minimum absolute atomic E-state index is 0.0937. The molecule has 0 saturated heterocycles. The summed E-state index contributed by atoms with van der Waals surface area (Å²) in [4.78, 5) is 20.3. The number of nitrogens with one attached hydrogen (secondary N) is 1. The minimum Gasteiger partial charge on any atom is -0.454 e. The monoisotopic (exact) mass is 352 g/mol. The third-order valence-corrected chi connectivity index (χ3v) is 3.88. The van der Waals surface area contributed by atoms with Crippen LogP contribution in [0, 0.1) is 0 Å². The Morgan fingerprint density at radius 3 is 3.00 bits per heavy atom. The average Bonchev–Trinajstić information content (AvgIpc) is 3.34. The summed E-state index contributed by atoms with van der Waals surface area (Å²) in [5, 5.41) is 6.77. The average molecular weight is 352 g/mol. The van der Waals surface area contributed by atoms with E-state index in [0.717, 1.165) is 16.9 Å². The molecule has 1 aliphatic rings. The molecule has 0 bridgehead atoms. The second kappa shape index (κ2) is 7.22. The first-order valence-corrected chi connectivity index (χ1v) is 8.16. The standard InChI is InChI=1S/C18H16N4O4/c23-16(20-9-12-3-4-14-15(8-12)25-11-24-14)5-6-17-21-18(22-26-17)13-2-1-7-19-10-13/h1-4,7-8,10H,5-6,9,11H2,(H,20,23). The molecule has 1 aliphatic heterocycles. The molecule has 4 rings (SSSR count). The Bertz CT molecular complexity index is 911. The molecule has 0 saturated carbocycles. The third kappa shape index (κ3) is 3.64. The van der Waals surface area contributed by atoms with Crippen molar-refractivity contribution in [1.82, 2.24) is 20.4 Å². The van der Waals surface area contributed by atoms with Crippen molar-refractivity contribution in [3.05, 3.63) is 54.2 Å². The molecule has 8 nitrogen and oxygen atoms in total. The predicted octanol–water partition coefficient (Wildman–Crippen LogP) is 2.11. The molecule has 8 heteroatoms. The first-order chi connectivity index (χ1) is 12.8. The SMILES string of the molecule is O=C(CCc1nc(-c2cccnc2)no1)NCc1ccc2c(c1)OCO2. The number of rotatable bonds is 6. The van der Waals surface area contributed by atoms with Crippen molar-refractivity contribution in [2.45, 2.75) is 19.4 Å². The maximum absolute atomic E-state index is 12.0. The molecule has 0 radical (unpaired) electrons. The van der Waals surface area contributed by atoms with E-state index in [9.17, 15) is 4.79 Å². The molecule has 0 unspecified atom stereocenters. The maximum atomic E-state index is 12.0. The minimum atomic E-state index is -0.0937. The number of aryl methyl sites for hydroxylation is 1. The third-order valence-electron chi connectivity index (χ3n) is 3.88. The fourth-order valence-electron chi connectivity index (χ4n) is 2.53. The molecule has 26 heavy (non-hydrogen) atoms. The van der Waals surface area contributed by atoms with E-state index >= 15 is 0 Å². The van der Waals surface area contributed by atoms with Crippen LogP contribution in [-0.2, 0) is 17.8 Å². The predicted molar refractivity (Wildman–Crippen MR) is 90.3 cm³/mol. The Balaban J connectivity index is 1.27. The lowest BCUT2D eigenvalue weighted by Gasteiger charge is -2.05. The molecular formula is C18H16N4O4. The van der Waals surface area contributed by atoms with Gasteiger partial charge in [-0.25, -0.2) is 0 Å². The van der Waals surface area contributed by atoms with Gasteiger partial charge in [0.2, 0.25) is 24.4 Å². The Hall–Kier alpha value is -3.42. The van der Waals surface area contributed by atoms with Crippen LogP contribution in [0.1, 0.15) is 17.9 Å². The molecule has 1 aromatic carbocycles. The lowest BCUT2D eigenvalue weighted by atomic mass is 10.2. The van der Waals surface area contributed by atoms with E-state index < -0.39 is 0 Å².